The molecular formula is C18H17FN4O2. The van der Waals surface area contributed by atoms with Crippen LogP contribution in [0, 0.1) is 5.82 Å². The van der Waals surface area contributed by atoms with Crippen LogP contribution in [0.2, 0.25) is 0 Å². The van der Waals surface area contributed by atoms with E-state index in [1.54, 1.807) is 18.2 Å². The Morgan fingerprint density at radius 2 is 1.88 bits per heavy atom. The van der Waals surface area contributed by atoms with Crippen LogP contribution < -0.4 is 5.32 Å². The van der Waals surface area contributed by atoms with Crippen LogP contribution in [-0.4, -0.2) is 25.8 Å². The molecule has 128 valence electrons. The maximum absolute atomic E-state index is 13.5. The highest BCUT2D eigenvalue weighted by atomic mass is 19.1. The number of nitrogens with one attached hydrogen (secondary N) is 1. The Balaban J connectivity index is 1.59. The summed E-state index contributed by atoms with van der Waals surface area (Å²) in [5.74, 6) is -0.917. The van der Waals surface area contributed by atoms with Crippen molar-refractivity contribution in [3.05, 3.63) is 83.7 Å². The minimum absolute atomic E-state index is 0.0309. The number of rotatable bonds is 6. The largest absolute Gasteiger partial charge is 0.386 e. The number of nitrogens with zero attached hydrogens (tertiary/aromatic N) is 3. The lowest BCUT2D eigenvalue weighted by atomic mass is 10.1. The monoisotopic (exact) mass is 340 g/mol. The van der Waals surface area contributed by atoms with Gasteiger partial charge in [-0.2, -0.15) is 0 Å². The zero-order valence-electron chi connectivity index (χ0n) is 13.3. The molecule has 1 atom stereocenters. The molecule has 0 fully saturated rings. The number of hydrogen-bond donors (Lipinski definition) is 2. The van der Waals surface area contributed by atoms with Crippen LogP contribution in [-0.2, 0) is 13.1 Å². The number of carbonyl (C=O) groups excluding carboxylic acids is 1. The number of carbonyl (C=O) groups is 1. The summed E-state index contributed by atoms with van der Waals surface area (Å²) >= 11 is 0. The van der Waals surface area contributed by atoms with E-state index in [4.69, 9.17) is 0 Å². The average Bonchev–Trinajstić information content (AvgIpc) is 3.10. The van der Waals surface area contributed by atoms with Crippen molar-refractivity contribution in [1.82, 2.24) is 20.1 Å². The van der Waals surface area contributed by atoms with Crippen molar-refractivity contribution in [2.45, 2.75) is 19.2 Å². The number of aliphatic hydroxyl groups is 1. The van der Waals surface area contributed by atoms with Crippen molar-refractivity contribution in [3.8, 4) is 0 Å². The summed E-state index contributed by atoms with van der Waals surface area (Å²) in [5.41, 5.74) is 1.14. The molecule has 0 saturated heterocycles. The summed E-state index contributed by atoms with van der Waals surface area (Å²) in [6.07, 6.45) is 0.627. The second kappa shape index (κ2) is 7.67. The minimum Gasteiger partial charge on any atom is -0.386 e. The van der Waals surface area contributed by atoms with E-state index in [0.717, 1.165) is 5.56 Å². The molecule has 1 heterocycles. The quantitative estimate of drug-likeness (QED) is 0.720. The molecule has 0 spiro atoms. The van der Waals surface area contributed by atoms with Gasteiger partial charge in [0.2, 0.25) is 5.82 Å². The van der Waals surface area contributed by atoms with Crippen LogP contribution in [0.5, 0.6) is 0 Å². The minimum atomic E-state index is -0.753. The Kier molecular flexibility index (Phi) is 5.15. The van der Waals surface area contributed by atoms with E-state index in [1.807, 2.05) is 30.3 Å². The molecule has 0 unspecified atom stereocenters. The lowest BCUT2D eigenvalue weighted by Gasteiger charge is -2.10. The van der Waals surface area contributed by atoms with E-state index in [9.17, 15) is 14.3 Å². The third-order valence-electron chi connectivity index (χ3n) is 3.68. The molecule has 0 bridgehead atoms. The summed E-state index contributed by atoms with van der Waals surface area (Å²) in [6.45, 7) is 0.226. The molecule has 3 rings (SSSR count). The topological polar surface area (TPSA) is 80.0 Å². The van der Waals surface area contributed by atoms with Gasteiger partial charge in [-0.1, -0.05) is 48.5 Å². The van der Waals surface area contributed by atoms with Crippen LogP contribution in [0.25, 0.3) is 0 Å². The van der Waals surface area contributed by atoms with Crippen LogP contribution >= 0.6 is 0 Å². The van der Waals surface area contributed by atoms with E-state index in [1.165, 1.54) is 17.1 Å². The summed E-state index contributed by atoms with van der Waals surface area (Å²) in [6, 6.07) is 15.4. The lowest BCUT2D eigenvalue weighted by Crippen LogP contribution is -2.24. The SMILES string of the molecule is O=C(NCc1ccccc1F)c1ncn(C[C@@H](O)c2ccccc2)n1. The molecular weight excluding hydrogens is 323 g/mol. The van der Waals surface area contributed by atoms with Gasteiger partial charge in [0, 0.05) is 12.1 Å². The second-order valence-corrected chi connectivity index (χ2v) is 5.49. The predicted molar refractivity (Wildman–Crippen MR) is 89.0 cm³/mol. The number of hydrogen-bond acceptors (Lipinski definition) is 4. The van der Waals surface area contributed by atoms with Gasteiger partial charge in [-0.15, -0.1) is 5.10 Å². The summed E-state index contributed by atoms with van der Waals surface area (Å²) < 4.78 is 14.9. The van der Waals surface area contributed by atoms with Crippen molar-refractivity contribution in [2.24, 2.45) is 0 Å². The number of halogens is 1. The van der Waals surface area contributed by atoms with Crippen LogP contribution in [0.15, 0.2) is 60.9 Å². The smallest absolute Gasteiger partial charge is 0.291 e. The highest BCUT2D eigenvalue weighted by Gasteiger charge is 2.14. The number of amides is 1. The lowest BCUT2D eigenvalue weighted by molar-refractivity contribution is 0.0938. The Morgan fingerprint density at radius 3 is 2.64 bits per heavy atom. The highest BCUT2D eigenvalue weighted by Crippen LogP contribution is 2.13. The van der Waals surface area contributed by atoms with Crippen molar-refractivity contribution >= 4 is 5.91 Å². The average molecular weight is 340 g/mol. The number of aromatic nitrogens is 3. The van der Waals surface area contributed by atoms with E-state index in [-0.39, 0.29) is 24.7 Å². The Morgan fingerprint density at radius 1 is 1.16 bits per heavy atom. The normalized spacial score (nSPS) is 11.9. The van der Waals surface area contributed by atoms with E-state index in [2.05, 4.69) is 15.4 Å². The van der Waals surface area contributed by atoms with Gasteiger partial charge in [0.05, 0.1) is 12.6 Å². The zero-order valence-corrected chi connectivity index (χ0v) is 13.3. The van der Waals surface area contributed by atoms with Gasteiger partial charge < -0.3 is 10.4 Å². The molecule has 0 aliphatic rings. The first-order chi connectivity index (χ1) is 12.1. The zero-order chi connectivity index (χ0) is 17.6. The fourth-order valence-corrected chi connectivity index (χ4v) is 2.34. The fourth-order valence-electron chi connectivity index (χ4n) is 2.34. The van der Waals surface area contributed by atoms with Crippen molar-refractivity contribution in [2.75, 3.05) is 0 Å². The first-order valence-electron chi connectivity index (χ1n) is 7.77. The summed E-state index contributed by atoms with van der Waals surface area (Å²) in [5, 5.41) is 16.8. The van der Waals surface area contributed by atoms with Gasteiger partial charge in [-0.05, 0) is 11.6 Å². The predicted octanol–water partition coefficient (Wildman–Crippen LogP) is 2.08. The molecule has 1 amide bonds. The van der Waals surface area contributed by atoms with Crippen molar-refractivity contribution in [3.63, 3.8) is 0 Å². The molecule has 0 saturated carbocycles. The van der Waals surface area contributed by atoms with E-state index >= 15 is 0 Å². The first kappa shape index (κ1) is 16.8. The molecule has 3 aromatic rings. The molecule has 25 heavy (non-hydrogen) atoms. The molecule has 2 aromatic carbocycles. The van der Waals surface area contributed by atoms with Gasteiger partial charge in [0.25, 0.3) is 5.91 Å². The standard InChI is InChI=1S/C18H17FN4O2/c19-15-9-5-4-8-14(15)10-20-18(25)17-21-12-23(22-17)11-16(24)13-6-2-1-3-7-13/h1-9,12,16,24H,10-11H2,(H,20,25)/t16-/m1/s1. The van der Waals surface area contributed by atoms with Crippen LogP contribution in [0.4, 0.5) is 4.39 Å². The maximum atomic E-state index is 13.5. The first-order valence-corrected chi connectivity index (χ1v) is 7.77. The summed E-state index contributed by atoms with van der Waals surface area (Å²) in [7, 11) is 0. The van der Waals surface area contributed by atoms with Gasteiger partial charge in [-0.25, -0.2) is 14.1 Å². The van der Waals surface area contributed by atoms with Gasteiger partial charge >= 0.3 is 0 Å². The third kappa shape index (κ3) is 4.27. The second-order valence-electron chi connectivity index (χ2n) is 5.49. The third-order valence-corrected chi connectivity index (χ3v) is 3.68. The van der Waals surface area contributed by atoms with Gasteiger partial charge in [0.1, 0.15) is 12.1 Å². The van der Waals surface area contributed by atoms with Crippen molar-refractivity contribution < 1.29 is 14.3 Å². The summed E-state index contributed by atoms with van der Waals surface area (Å²) in [4.78, 5) is 16.0. The van der Waals surface area contributed by atoms with Gasteiger partial charge in [-0.3, -0.25) is 4.79 Å². The van der Waals surface area contributed by atoms with Gasteiger partial charge in [0.15, 0.2) is 0 Å². The molecule has 7 heteroatoms. The van der Waals surface area contributed by atoms with Crippen LogP contribution in [0.3, 0.4) is 0 Å². The molecule has 6 nitrogen and oxygen atoms in total. The highest BCUT2D eigenvalue weighted by molar-refractivity contribution is 5.90. The molecule has 0 aliphatic heterocycles. The number of aliphatic hydroxyl groups excluding tert-OH is 1. The number of benzene rings is 2. The van der Waals surface area contributed by atoms with Crippen molar-refractivity contribution in [1.29, 1.82) is 0 Å². The Labute approximate surface area is 144 Å². The Bertz CT molecular complexity index is 851. The molecule has 0 aliphatic carbocycles. The van der Waals surface area contributed by atoms with E-state index in [0.29, 0.717) is 5.56 Å². The Hall–Kier alpha value is -3.06. The van der Waals surface area contributed by atoms with E-state index < -0.39 is 12.0 Å². The fraction of sp³-hybridized carbons (Fsp3) is 0.167. The molecule has 2 N–H and O–H groups in total. The molecule has 1 aromatic heterocycles. The molecule has 0 radical (unpaired) electrons. The maximum Gasteiger partial charge on any atom is 0.291 e. The van der Waals surface area contributed by atoms with Crippen LogP contribution in [0.1, 0.15) is 27.8 Å².